The van der Waals surface area contributed by atoms with Gasteiger partial charge in [-0.25, -0.2) is 4.79 Å². The van der Waals surface area contributed by atoms with E-state index in [0.29, 0.717) is 12.0 Å². The van der Waals surface area contributed by atoms with Gasteiger partial charge in [0.15, 0.2) is 0 Å². The van der Waals surface area contributed by atoms with Crippen LogP contribution in [0.4, 0.5) is 0 Å². The third kappa shape index (κ3) is 11.5. The number of hydrogen-bond acceptors (Lipinski definition) is 4. The molecule has 0 saturated heterocycles. The molecule has 0 fully saturated rings. The molecule has 0 radical (unpaired) electrons. The molecule has 0 aliphatic carbocycles. The predicted octanol–water partition coefficient (Wildman–Crippen LogP) is 6.70. The highest BCUT2D eigenvalue weighted by molar-refractivity contribution is 5.80. The summed E-state index contributed by atoms with van der Waals surface area (Å²) in [5.74, 6) is -1.02. The first-order valence-corrected chi connectivity index (χ1v) is 11.1. The molecule has 1 aromatic rings. The Morgan fingerprint density at radius 1 is 0.931 bits per heavy atom. The van der Waals surface area contributed by atoms with Gasteiger partial charge in [0.05, 0.1) is 0 Å². The van der Waals surface area contributed by atoms with E-state index in [2.05, 4.69) is 13.5 Å². The van der Waals surface area contributed by atoms with E-state index in [1.54, 1.807) is 18.2 Å². The molecule has 0 amide bonds. The molecule has 2 atom stereocenters. The van der Waals surface area contributed by atoms with Gasteiger partial charge in [-0.05, 0) is 12.8 Å². The van der Waals surface area contributed by atoms with Gasteiger partial charge in [0.2, 0.25) is 6.10 Å². The maximum Gasteiger partial charge on any atom is 0.352 e. The van der Waals surface area contributed by atoms with E-state index < -0.39 is 18.0 Å². The molecule has 29 heavy (non-hydrogen) atoms. The Morgan fingerprint density at radius 2 is 1.52 bits per heavy atom. The van der Waals surface area contributed by atoms with Crippen molar-refractivity contribution in [2.75, 3.05) is 0 Å². The summed E-state index contributed by atoms with van der Waals surface area (Å²) in [6, 6.07) is 8.99. The molecule has 0 spiro atoms. The van der Waals surface area contributed by atoms with Gasteiger partial charge in [0.1, 0.15) is 6.10 Å². The minimum Gasteiger partial charge on any atom is -0.459 e. The van der Waals surface area contributed by atoms with Gasteiger partial charge in [-0.2, -0.15) is 0 Å². The van der Waals surface area contributed by atoms with E-state index >= 15 is 0 Å². The molecule has 162 valence electrons. The van der Waals surface area contributed by atoms with Crippen molar-refractivity contribution in [3.63, 3.8) is 0 Å². The summed E-state index contributed by atoms with van der Waals surface area (Å²) in [4.78, 5) is 24.1. The van der Waals surface area contributed by atoms with Crippen LogP contribution in [0.25, 0.3) is 0 Å². The lowest BCUT2D eigenvalue weighted by Crippen LogP contribution is -2.26. The Kier molecular flexibility index (Phi) is 13.6. The van der Waals surface area contributed by atoms with Crippen molar-refractivity contribution < 1.29 is 19.1 Å². The van der Waals surface area contributed by atoms with Crippen molar-refractivity contribution in [3.05, 3.63) is 48.6 Å². The zero-order chi connectivity index (χ0) is 21.3. The Morgan fingerprint density at radius 3 is 2.07 bits per heavy atom. The molecule has 4 nitrogen and oxygen atoms in total. The van der Waals surface area contributed by atoms with E-state index in [-0.39, 0.29) is 6.10 Å². The fraction of sp³-hybridized carbons (Fsp3) is 0.600. The van der Waals surface area contributed by atoms with E-state index in [1.807, 2.05) is 18.2 Å². The molecule has 0 bridgehead atoms. The van der Waals surface area contributed by atoms with Gasteiger partial charge < -0.3 is 9.47 Å². The van der Waals surface area contributed by atoms with Gasteiger partial charge in [0, 0.05) is 18.9 Å². The smallest absolute Gasteiger partial charge is 0.352 e. The Labute approximate surface area is 176 Å². The van der Waals surface area contributed by atoms with Gasteiger partial charge in [0.25, 0.3) is 0 Å². The number of hydrogen-bond donors (Lipinski definition) is 0. The third-order valence-electron chi connectivity index (χ3n) is 4.94. The second-order valence-corrected chi connectivity index (χ2v) is 7.60. The van der Waals surface area contributed by atoms with Crippen LogP contribution >= 0.6 is 0 Å². The third-order valence-corrected chi connectivity index (χ3v) is 4.94. The lowest BCUT2D eigenvalue weighted by Gasteiger charge is -2.21. The fourth-order valence-corrected chi connectivity index (χ4v) is 3.37. The number of rotatable bonds is 16. The highest BCUT2D eigenvalue weighted by Crippen LogP contribution is 2.22. The molecule has 0 heterocycles. The van der Waals surface area contributed by atoms with E-state index in [0.717, 1.165) is 19.3 Å². The zero-order valence-corrected chi connectivity index (χ0v) is 18.2. The van der Waals surface area contributed by atoms with Crippen LogP contribution in [-0.4, -0.2) is 18.0 Å². The fourth-order valence-electron chi connectivity index (χ4n) is 3.37. The Hall–Kier alpha value is -2.10. The van der Waals surface area contributed by atoms with Crippen LogP contribution in [0, 0.1) is 0 Å². The summed E-state index contributed by atoms with van der Waals surface area (Å²) in [5, 5.41) is 0. The van der Waals surface area contributed by atoms with Crippen LogP contribution in [0.1, 0.15) is 96.1 Å². The predicted molar refractivity (Wildman–Crippen MR) is 117 cm³/mol. The maximum absolute atomic E-state index is 12.7. The van der Waals surface area contributed by atoms with Crippen LogP contribution < -0.4 is 0 Å². The first-order valence-electron chi connectivity index (χ1n) is 11.1. The van der Waals surface area contributed by atoms with Crippen molar-refractivity contribution in [3.8, 4) is 0 Å². The first kappa shape index (κ1) is 24.9. The molecule has 0 N–H and O–H groups in total. The van der Waals surface area contributed by atoms with Crippen molar-refractivity contribution in [1.29, 1.82) is 0 Å². The summed E-state index contributed by atoms with van der Waals surface area (Å²) in [5.41, 5.74) is 0.619. The van der Waals surface area contributed by atoms with E-state index in [1.165, 1.54) is 51.9 Å². The van der Waals surface area contributed by atoms with Gasteiger partial charge in [-0.3, -0.25) is 4.79 Å². The minimum absolute atomic E-state index is 0.230. The lowest BCUT2D eigenvalue weighted by molar-refractivity contribution is -0.171. The average molecular weight is 403 g/mol. The maximum atomic E-state index is 12.7. The van der Waals surface area contributed by atoms with E-state index in [9.17, 15) is 9.59 Å². The van der Waals surface area contributed by atoms with Crippen molar-refractivity contribution >= 4 is 11.9 Å². The molecular weight excluding hydrogens is 364 g/mol. The van der Waals surface area contributed by atoms with Crippen LogP contribution in [0.2, 0.25) is 0 Å². The molecule has 0 aliphatic rings. The summed E-state index contributed by atoms with van der Waals surface area (Å²) in [7, 11) is 0. The van der Waals surface area contributed by atoms with Crippen molar-refractivity contribution in [1.82, 2.24) is 0 Å². The topological polar surface area (TPSA) is 52.6 Å². The van der Waals surface area contributed by atoms with E-state index in [4.69, 9.17) is 9.47 Å². The summed E-state index contributed by atoms with van der Waals surface area (Å²) >= 11 is 0. The number of ether oxygens (including phenoxy) is 2. The molecule has 0 saturated carbocycles. The Balaban J connectivity index is 2.44. The minimum atomic E-state index is -1.02. The molecule has 1 rings (SSSR count). The van der Waals surface area contributed by atoms with Crippen molar-refractivity contribution in [2.24, 2.45) is 0 Å². The molecule has 0 aromatic heterocycles. The highest BCUT2D eigenvalue weighted by Gasteiger charge is 2.27. The summed E-state index contributed by atoms with van der Waals surface area (Å²) in [6.07, 6.45) is 13.2. The highest BCUT2D eigenvalue weighted by atomic mass is 16.6. The standard InChI is InChI=1S/C25H38O4/c1-4-6-7-8-9-10-11-12-16-20-23(17-5-2)29-25(27)24(28-21(3)26)22-18-14-13-15-19-22/h5,13-15,18-19,23-24H,2,4,6-12,16-17,20H2,1,3H3/t23-,24-/m1/s1. The molecule has 0 aliphatic heterocycles. The normalized spacial score (nSPS) is 12.8. The van der Waals surface area contributed by atoms with Crippen molar-refractivity contribution in [2.45, 2.75) is 96.7 Å². The van der Waals surface area contributed by atoms with Crippen LogP contribution in [0.5, 0.6) is 0 Å². The zero-order valence-electron chi connectivity index (χ0n) is 18.2. The molecule has 1 aromatic carbocycles. The molecular formula is C25H38O4. The number of carbonyl (C=O) groups is 2. The average Bonchev–Trinajstić information content (AvgIpc) is 2.71. The van der Waals surface area contributed by atoms with Gasteiger partial charge in [-0.15, -0.1) is 6.58 Å². The summed E-state index contributed by atoms with van der Waals surface area (Å²) < 4.78 is 10.9. The van der Waals surface area contributed by atoms with Crippen LogP contribution in [-0.2, 0) is 19.1 Å². The quantitative estimate of drug-likeness (QED) is 0.175. The molecule has 4 heteroatoms. The second-order valence-electron chi connectivity index (χ2n) is 7.60. The first-order chi connectivity index (χ1) is 14.1. The number of carbonyl (C=O) groups excluding carboxylic acids is 2. The monoisotopic (exact) mass is 402 g/mol. The molecule has 0 unspecified atom stereocenters. The number of benzene rings is 1. The lowest BCUT2D eigenvalue weighted by atomic mass is 10.0. The second kappa shape index (κ2) is 15.8. The van der Waals surface area contributed by atoms with Gasteiger partial charge in [-0.1, -0.05) is 94.7 Å². The summed E-state index contributed by atoms with van der Waals surface area (Å²) in [6.45, 7) is 7.31. The SMILES string of the molecule is C=CC[C@H](CCCCCCCCCCC)OC(=O)[C@H](OC(C)=O)c1ccccc1. The largest absolute Gasteiger partial charge is 0.459 e. The number of unbranched alkanes of at least 4 members (excludes halogenated alkanes) is 8. The van der Waals surface area contributed by atoms with Gasteiger partial charge >= 0.3 is 11.9 Å². The number of esters is 2. The Bertz CT molecular complexity index is 582. The van der Waals surface area contributed by atoms with Crippen LogP contribution in [0.15, 0.2) is 43.0 Å². The van der Waals surface area contributed by atoms with Crippen LogP contribution in [0.3, 0.4) is 0 Å².